The summed E-state index contributed by atoms with van der Waals surface area (Å²) in [6.07, 6.45) is 1.75. The molecule has 6 nitrogen and oxygen atoms in total. The van der Waals surface area contributed by atoms with Gasteiger partial charge in [0.2, 0.25) is 5.91 Å². The molecule has 0 spiro atoms. The lowest BCUT2D eigenvalue weighted by Gasteiger charge is -2.32. The summed E-state index contributed by atoms with van der Waals surface area (Å²) in [6.45, 7) is 2.34. The van der Waals surface area contributed by atoms with Crippen LogP contribution in [0.15, 0.2) is 36.5 Å². The van der Waals surface area contributed by atoms with E-state index < -0.39 is 0 Å². The number of aromatic nitrogens is 2. The second-order valence-corrected chi connectivity index (χ2v) is 6.01. The molecule has 2 heterocycles. The van der Waals surface area contributed by atoms with Crippen LogP contribution in [0, 0.1) is 0 Å². The molecule has 122 valence electrons. The first kappa shape index (κ1) is 16.0. The van der Waals surface area contributed by atoms with Gasteiger partial charge < -0.3 is 10.1 Å². The molecule has 1 aliphatic rings. The Labute approximate surface area is 140 Å². The lowest BCUT2D eigenvalue weighted by molar-refractivity contribution is -0.119. The topological polar surface area (TPSA) is 59.4 Å². The van der Waals surface area contributed by atoms with Crippen molar-refractivity contribution in [2.24, 2.45) is 7.05 Å². The van der Waals surface area contributed by atoms with E-state index in [0.29, 0.717) is 30.5 Å². The van der Waals surface area contributed by atoms with E-state index >= 15 is 0 Å². The molecular weight excluding hydrogens is 316 g/mol. The fraction of sp³-hybridized carbons (Fsp3) is 0.375. The highest BCUT2D eigenvalue weighted by molar-refractivity contribution is 6.30. The van der Waals surface area contributed by atoms with E-state index in [9.17, 15) is 4.79 Å². The van der Waals surface area contributed by atoms with Crippen molar-refractivity contribution in [1.82, 2.24) is 14.7 Å². The van der Waals surface area contributed by atoms with E-state index in [4.69, 9.17) is 16.3 Å². The van der Waals surface area contributed by atoms with Gasteiger partial charge >= 0.3 is 0 Å². The van der Waals surface area contributed by atoms with Crippen LogP contribution >= 0.6 is 11.6 Å². The summed E-state index contributed by atoms with van der Waals surface area (Å²) in [4.78, 5) is 14.2. The molecule has 1 N–H and O–H groups in total. The van der Waals surface area contributed by atoms with Gasteiger partial charge in [0.05, 0.1) is 19.3 Å². The summed E-state index contributed by atoms with van der Waals surface area (Å²) in [5, 5.41) is 7.65. The number of morpholine rings is 1. The van der Waals surface area contributed by atoms with Crippen LogP contribution in [0.3, 0.4) is 0 Å². The summed E-state index contributed by atoms with van der Waals surface area (Å²) in [5.74, 6) is 0.500. The van der Waals surface area contributed by atoms with E-state index in [1.165, 1.54) is 0 Å². The largest absolute Gasteiger partial charge is 0.371 e. The number of hydrogen-bond acceptors (Lipinski definition) is 4. The standard InChI is InChI=1S/C16H19ClN4O2/c1-20-7-6-15(19-20)18-16(22)11-21-8-9-23-14(10-21)12-2-4-13(17)5-3-12/h2-7,14H,8-11H2,1H3,(H,18,19,22)/t14-/m0/s1. The van der Waals surface area contributed by atoms with Gasteiger partial charge in [-0.05, 0) is 17.7 Å². The molecule has 1 aliphatic heterocycles. The van der Waals surface area contributed by atoms with Crippen LogP contribution in [-0.4, -0.2) is 46.8 Å². The van der Waals surface area contributed by atoms with Gasteiger partial charge in [-0.15, -0.1) is 0 Å². The number of rotatable bonds is 4. The minimum atomic E-state index is -0.0690. The van der Waals surface area contributed by atoms with E-state index in [0.717, 1.165) is 12.1 Å². The minimum absolute atomic E-state index is 0.0383. The Bertz CT molecular complexity index is 671. The number of hydrogen-bond donors (Lipinski definition) is 1. The van der Waals surface area contributed by atoms with Crippen molar-refractivity contribution in [2.75, 3.05) is 31.6 Å². The van der Waals surface area contributed by atoms with Gasteiger partial charge in [-0.1, -0.05) is 23.7 Å². The second-order valence-electron chi connectivity index (χ2n) is 5.57. The third kappa shape index (κ3) is 4.31. The number of halogens is 1. The summed E-state index contributed by atoms with van der Waals surface area (Å²) < 4.78 is 7.46. The fourth-order valence-electron chi connectivity index (χ4n) is 2.59. The Kier molecular flexibility index (Phi) is 4.95. The van der Waals surface area contributed by atoms with Crippen molar-refractivity contribution in [1.29, 1.82) is 0 Å². The van der Waals surface area contributed by atoms with Crippen molar-refractivity contribution in [3.63, 3.8) is 0 Å². The molecule has 0 bridgehead atoms. The second kappa shape index (κ2) is 7.12. The van der Waals surface area contributed by atoms with Crippen molar-refractivity contribution in [3.8, 4) is 0 Å². The Morgan fingerprint density at radius 1 is 1.39 bits per heavy atom. The summed E-state index contributed by atoms with van der Waals surface area (Å²) in [6, 6.07) is 9.41. The van der Waals surface area contributed by atoms with E-state index in [1.54, 1.807) is 16.9 Å². The number of ether oxygens (including phenoxy) is 1. The van der Waals surface area contributed by atoms with Gasteiger partial charge in [0, 0.05) is 37.4 Å². The van der Waals surface area contributed by atoms with Crippen LogP contribution in [0.25, 0.3) is 0 Å². The SMILES string of the molecule is Cn1ccc(NC(=O)CN2CCO[C@H](c3ccc(Cl)cc3)C2)n1. The molecule has 7 heteroatoms. The lowest BCUT2D eigenvalue weighted by Crippen LogP contribution is -2.42. The first-order chi connectivity index (χ1) is 11.1. The first-order valence-electron chi connectivity index (χ1n) is 7.49. The normalized spacial score (nSPS) is 18.8. The van der Waals surface area contributed by atoms with Crippen LogP contribution in [0.1, 0.15) is 11.7 Å². The molecule has 2 aromatic rings. The highest BCUT2D eigenvalue weighted by atomic mass is 35.5. The van der Waals surface area contributed by atoms with Gasteiger partial charge in [-0.25, -0.2) is 0 Å². The average molecular weight is 335 g/mol. The fourth-order valence-corrected chi connectivity index (χ4v) is 2.72. The molecule has 0 aliphatic carbocycles. The number of anilines is 1. The maximum atomic E-state index is 12.1. The van der Waals surface area contributed by atoms with Gasteiger partial charge in [0.15, 0.2) is 5.82 Å². The van der Waals surface area contributed by atoms with Gasteiger partial charge in [-0.3, -0.25) is 14.4 Å². The molecule has 1 amide bonds. The summed E-state index contributed by atoms with van der Waals surface area (Å²) in [5.41, 5.74) is 1.07. The maximum Gasteiger partial charge on any atom is 0.239 e. The summed E-state index contributed by atoms with van der Waals surface area (Å²) >= 11 is 5.92. The molecule has 0 radical (unpaired) electrons. The number of benzene rings is 1. The predicted octanol–water partition coefficient (Wildman–Crippen LogP) is 2.09. The zero-order chi connectivity index (χ0) is 16.2. The van der Waals surface area contributed by atoms with Gasteiger partial charge in [0.25, 0.3) is 0 Å². The van der Waals surface area contributed by atoms with Crippen LogP contribution in [0.2, 0.25) is 5.02 Å². The molecular formula is C16H19ClN4O2. The van der Waals surface area contributed by atoms with E-state index in [-0.39, 0.29) is 12.0 Å². The lowest BCUT2D eigenvalue weighted by atomic mass is 10.1. The number of aryl methyl sites for hydroxylation is 1. The highest BCUT2D eigenvalue weighted by Crippen LogP contribution is 2.23. The average Bonchev–Trinajstić information content (AvgIpc) is 2.93. The predicted molar refractivity (Wildman–Crippen MR) is 88.4 cm³/mol. The third-order valence-corrected chi connectivity index (χ3v) is 3.99. The van der Waals surface area contributed by atoms with Gasteiger partial charge in [0.1, 0.15) is 0 Å². The van der Waals surface area contributed by atoms with Crippen LogP contribution in [0.4, 0.5) is 5.82 Å². The van der Waals surface area contributed by atoms with Gasteiger partial charge in [-0.2, -0.15) is 5.10 Å². The zero-order valence-corrected chi connectivity index (χ0v) is 13.7. The van der Waals surface area contributed by atoms with E-state index in [2.05, 4.69) is 15.3 Å². The maximum absolute atomic E-state index is 12.1. The number of carbonyl (C=O) groups is 1. The minimum Gasteiger partial charge on any atom is -0.371 e. The number of nitrogens with one attached hydrogen (secondary N) is 1. The van der Waals surface area contributed by atoms with Crippen molar-refractivity contribution in [3.05, 3.63) is 47.1 Å². The third-order valence-electron chi connectivity index (χ3n) is 3.74. The molecule has 0 saturated carbocycles. The van der Waals surface area contributed by atoms with E-state index in [1.807, 2.05) is 31.3 Å². The molecule has 1 saturated heterocycles. The summed E-state index contributed by atoms with van der Waals surface area (Å²) in [7, 11) is 1.81. The number of nitrogens with zero attached hydrogens (tertiary/aromatic N) is 3. The zero-order valence-electron chi connectivity index (χ0n) is 12.9. The van der Waals surface area contributed by atoms with Crippen LogP contribution in [0.5, 0.6) is 0 Å². The molecule has 1 atom stereocenters. The molecule has 1 aromatic heterocycles. The van der Waals surface area contributed by atoms with Crippen LogP contribution < -0.4 is 5.32 Å². The number of carbonyl (C=O) groups excluding carboxylic acids is 1. The Morgan fingerprint density at radius 2 is 2.17 bits per heavy atom. The molecule has 0 unspecified atom stereocenters. The Balaban J connectivity index is 1.55. The molecule has 1 fully saturated rings. The quantitative estimate of drug-likeness (QED) is 0.930. The van der Waals surface area contributed by atoms with Crippen molar-refractivity contribution < 1.29 is 9.53 Å². The highest BCUT2D eigenvalue weighted by Gasteiger charge is 2.23. The number of amides is 1. The Morgan fingerprint density at radius 3 is 2.87 bits per heavy atom. The smallest absolute Gasteiger partial charge is 0.239 e. The van der Waals surface area contributed by atoms with Crippen molar-refractivity contribution >= 4 is 23.3 Å². The molecule has 3 rings (SSSR count). The first-order valence-corrected chi connectivity index (χ1v) is 7.87. The Hall–Kier alpha value is -1.89. The monoisotopic (exact) mass is 334 g/mol. The molecule has 1 aromatic carbocycles. The van der Waals surface area contributed by atoms with Crippen molar-refractivity contribution in [2.45, 2.75) is 6.10 Å². The van der Waals surface area contributed by atoms with Crippen LogP contribution in [-0.2, 0) is 16.6 Å². The molecule has 23 heavy (non-hydrogen) atoms.